The Morgan fingerprint density at radius 1 is 1.31 bits per heavy atom. The first-order valence-electron chi connectivity index (χ1n) is 6.85. The summed E-state index contributed by atoms with van der Waals surface area (Å²) in [5.74, 6) is 0. The summed E-state index contributed by atoms with van der Waals surface area (Å²) in [6.07, 6.45) is 2.61. The van der Waals surface area contributed by atoms with Crippen molar-refractivity contribution in [1.29, 1.82) is 0 Å². The van der Waals surface area contributed by atoms with Gasteiger partial charge in [0.1, 0.15) is 0 Å². The molecule has 1 heterocycles. The molecule has 0 aliphatic carbocycles. The van der Waals surface area contributed by atoms with Gasteiger partial charge in [-0.05, 0) is 25.7 Å². The van der Waals surface area contributed by atoms with Crippen LogP contribution < -0.4 is 5.32 Å². The van der Waals surface area contributed by atoms with Gasteiger partial charge < -0.3 is 5.32 Å². The van der Waals surface area contributed by atoms with E-state index in [0.717, 1.165) is 12.6 Å². The summed E-state index contributed by atoms with van der Waals surface area (Å²) in [6, 6.07) is 2.04. The Kier molecular flexibility index (Phi) is 4.81. The van der Waals surface area contributed by atoms with Crippen molar-refractivity contribution in [3.05, 3.63) is 0 Å². The molecule has 96 valence electrons. The SMILES string of the molecule is CCCC1CNC(C(C)(C)C)CN1C(C)C. The van der Waals surface area contributed by atoms with E-state index in [9.17, 15) is 0 Å². The van der Waals surface area contributed by atoms with E-state index in [1.54, 1.807) is 0 Å². The Labute approximate surface area is 102 Å². The van der Waals surface area contributed by atoms with Crippen molar-refractivity contribution < 1.29 is 0 Å². The molecule has 0 bridgehead atoms. The fourth-order valence-corrected chi connectivity index (χ4v) is 2.63. The number of nitrogens with one attached hydrogen (secondary N) is 1. The third-order valence-corrected chi connectivity index (χ3v) is 3.79. The lowest BCUT2D eigenvalue weighted by Gasteiger charge is -2.47. The Balaban J connectivity index is 2.65. The molecule has 2 atom stereocenters. The van der Waals surface area contributed by atoms with Crippen LogP contribution in [-0.4, -0.2) is 36.1 Å². The molecule has 0 aromatic heterocycles. The molecule has 1 rings (SSSR count). The molecule has 1 fully saturated rings. The van der Waals surface area contributed by atoms with Gasteiger partial charge in [-0.25, -0.2) is 0 Å². The van der Waals surface area contributed by atoms with E-state index >= 15 is 0 Å². The molecule has 0 radical (unpaired) electrons. The smallest absolute Gasteiger partial charge is 0.0244 e. The van der Waals surface area contributed by atoms with E-state index < -0.39 is 0 Å². The number of nitrogens with zero attached hydrogens (tertiary/aromatic N) is 1. The summed E-state index contributed by atoms with van der Waals surface area (Å²) in [4.78, 5) is 2.69. The van der Waals surface area contributed by atoms with E-state index in [1.165, 1.54) is 19.4 Å². The molecule has 1 N–H and O–H groups in total. The fourth-order valence-electron chi connectivity index (χ4n) is 2.63. The van der Waals surface area contributed by atoms with Crippen molar-refractivity contribution in [3.63, 3.8) is 0 Å². The molecule has 1 aliphatic heterocycles. The highest BCUT2D eigenvalue weighted by molar-refractivity contribution is 4.92. The Bertz CT molecular complexity index is 205. The van der Waals surface area contributed by atoms with Crippen molar-refractivity contribution in [2.75, 3.05) is 13.1 Å². The lowest BCUT2D eigenvalue weighted by atomic mass is 9.84. The van der Waals surface area contributed by atoms with Crippen LogP contribution in [0.3, 0.4) is 0 Å². The summed E-state index contributed by atoms with van der Waals surface area (Å²) in [6.45, 7) is 16.3. The zero-order valence-corrected chi connectivity index (χ0v) is 12.0. The van der Waals surface area contributed by atoms with Gasteiger partial charge in [0.05, 0.1) is 0 Å². The van der Waals surface area contributed by atoms with Gasteiger partial charge >= 0.3 is 0 Å². The average molecular weight is 226 g/mol. The molecule has 1 aliphatic rings. The lowest BCUT2D eigenvalue weighted by molar-refractivity contribution is 0.0569. The van der Waals surface area contributed by atoms with Crippen LogP contribution in [-0.2, 0) is 0 Å². The highest BCUT2D eigenvalue weighted by Gasteiger charge is 2.34. The number of piperazine rings is 1. The Hall–Kier alpha value is -0.0800. The van der Waals surface area contributed by atoms with Crippen LogP contribution in [0, 0.1) is 5.41 Å². The quantitative estimate of drug-likeness (QED) is 0.796. The van der Waals surface area contributed by atoms with Crippen molar-refractivity contribution in [2.24, 2.45) is 5.41 Å². The molecule has 2 unspecified atom stereocenters. The van der Waals surface area contributed by atoms with Gasteiger partial charge in [0.25, 0.3) is 0 Å². The summed E-state index contributed by atoms with van der Waals surface area (Å²) < 4.78 is 0. The molecule has 0 spiro atoms. The van der Waals surface area contributed by atoms with Crippen LogP contribution >= 0.6 is 0 Å². The first-order chi connectivity index (χ1) is 7.36. The standard InChI is InChI=1S/C14H30N2/c1-7-8-12-9-15-13(14(4,5)6)10-16(12)11(2)3/h11-13,15H,7-10H2,1-6H3. The Morgan fingerprint density at radius 2 is 1.94 bits per heavy atom. The third kappa shape index (κ3) is 3.46. The van der Waals surface area contributed by atoms with Gasteiger partial charge in [0, 0.05) is 31.2 Å². The maximum atomic E-state index is 3.74. The van der Waals surface area contributed by atoms with Crippen molar-refractivity contribution in [3.8, 4) is 0 Å². The highest BCUT2D eigenvalue weighted by atomic mass is 15.3. The Morgan fingerprint density at radius 3 is 2.38 bits per heavy atom. The first-order valence-corrected chi connectivity index (χ1v) is 6.85. The van der Waals surface area contributed by atoms with E-state index in [2.05, 4.69) is 51.8 Å². The molecular formula is C14H30N2. The van der Waals surface area contributed by atoms with Crippen molar-refractivity contribution in [1.82, 2.24) is 10.2 Å². The van der Waals surface area contributed by atoms with Gasteiger partial charge in [0.15, 0.2) is 0 Å². The van der Waals surface area contributed by atoms with Crippen LogP contribution in [0.25, 0.3) is 0 Å². The number of hydrogen-bond donors (Lipinski definition) is 1. The highest BCUT2D eigenvalue weighted by Crippen LogP contribution is 2.25. The zero-order chi connectivity index (χ0) is 12.3. The van der Waals surface area contributed by atoms with Crippen molar-refractivity contribution >= 4 is 0 Å². The number of hydrogen-bond acceptors (Lipinski definition) is 2. The van der Waals surface area contributed by atoms with Gasteiger partial charge in [-0.15, -0.1) is 0 Å². The normalized spacial score (nSPS) is 28.7. The summed E-state index contributed by atoms with van der Waals surface area (Å²) >= 11 is 0. The molecule has 2 nitrogen and oxygen atoms in total. The monoisotopic (exact) mass is 226 g/mol. The minimum atomic E-state index is 0.365. The van der Waals surface area contributed by atoms with E-state index in [4.69, 9.17) is 0 Å². The van der Waals surface area contributed by atoms with E-state index in [1.807, 2.05) is 0 Å². The van der Waals surface area contributed by atoms with Crippen LogP contribution in [0.5, 0.6) is 0 Å². The second kappa shape index (κ2) is 5.50. The molecule has 16 heavy (non-hydrogen) atoms. The van der Waals surface area contributed by atoms with Gasteiger partial charge in [-0.1, -0.05) is 34.1 Å². The third-order valence-electron chi connectivity index (χ3n) is 3.79. The molecule has 1 saturated heterocycles. The topological polar surface area (TPSA) is 15.3 Å². The first kappa shape index (κ1) is 14.0. The molecule has 0 saturated carbocycles. The minimum Gasteiger partial charge on any atom is -0.311 e. The fraction of sp³-hybridized carbons (Fsp3) is 1.00. The molecule has 2 heteroatoms. The predicted molar refractivity (Wildman–Crippen MR) is 71.8 cm³/mol. The van der Waals surface area contributed by atoms with Gasteiger partial charge in [0.2, 0.25) is 0 Å². The minimum absolute atomic E-state index is 0.365. The summed E-state index contributed by atoms with van der Waals surface area (Å²) in [7, 11) is 0. The largest absolute Gasteiger partial charge is 0.311 e. The molecular weight excluding hydrogens is 196 g/mol. The van der Waals surface area contributed by atoms with E-state index in [-0.39, 0.29) is 0 Å². The van der Waals surface area contributed by atoms with E-state index in [0.29, 0.717) is 17.5 Å². The van der Waals surface area contributed by atoms with Crippen LogP contribution in [0.1, 0.15) is 54.4 Å². The van der Waals surface area contributed by atoms with Crippen LogP contribution in [0.4, 0.5) is 0 Å². The molecule has 0 amide bonds. The van der Waals surface area contributed by atoms with Crippen LogP contribution in [0.15, 0.2) is 0 Å². The molecule has 0 aromatic rings. The maximum absolute atomic E-state index is 3.74. The zero-order valence-electron chi connectivity index (χ0n) is 12.0. The van der Waals surface area contributed by atoms with Gasteiger partial charge in [-0.3, -0.25) is 4.90 Å². The van der Waals surface area contributed by atoms with Gasteiger partial charge in [-0.2, -0.15) is 0 Å². The molecule has 0 aromatic carbocycles. The lowest BCUT2D eigenvalue weighted by Crippen LogP contribution is -2.61. The summed E-state index contributed by atoms with van der Waals surface area (Å²) in [5, 5.41) is 3.74. The number of rotatable bonds is 3. The second-order valence-electron chi connectivity index (χ2n) is 6.56. The average Bonchev–Trinajstić information content (AvgIpc) is 2.16. The van der Waals surface area contributed by atoms with Crippen molar-refractivity contribution in [2.45, 2.75) is 72.5 Å². The second-order valence-corrected chi connectivity index (χ2v) is 6.56. The summed E-state index contributed by atoms with van der Waals surface area (Å²) in [5.41, 5.74) is 0.365. The maximum Gasteiger partial charge on any atom is 0.0244 e. The van der Waals surface area contributed by atoms with Crippen LogP contribution in [0.2, 0.25) is 0 Å². The predicted octanol–water partition coefficient (Wildman–Crippen LogP) is 2.88.